The number of aromatic nitrogens is 2. The maximum Gasteiger partial charge on any atom is 0.306 e. The zero-order chi connectivity index (χ0) is 26.7. The molecular weight excluding hydrogens is 494 g/mol. The second-order valence-electron chi connectivity index (χ2n) is 9.19. The van der Waals surface area contributed by atoms with Crippen molar-refractivity contribution in [3.8, 4) is 5.88 Å². The number of fused-ring (bicyclic) bond motifs is 1. The van der Waals surface area contributed by atoms with Gasteiger partial charge in [-0.15, -0.1) is 0 Å². The number of rotatable bonds is 7. The van der Waals surface area contributed by atoms with E-state index in [-0.39, 0.29) is 48.4 Å². The molecule has 4 rings (SSSR count). The van der Waals surface area contributed by atoms with E-state index in [1.165, 1.54) is 27.2 Å². The molecule has 0 radical (unpaired) electrons. The second kappa shape index (κ2) is 10.9. The molecule has 0 saturated carbocycles. The van der Waals surface area contributed by atoms with Crippen LogP contribution < -0.4 is 10.3 Å². The van der Waals surface area contributed by atoms with Crippen LogP contribution in [0, 0.1) is 6.92 Å². The predicted molar refractivity (Wildman–Crippen MR) is 138 cm³/mol. The average molecular weight is 526 g/mol. The number of nitrogens with zero attached hydrogens (tertiary/aromatic N) is 3. The molecule has 37 heavy (non-hydrogen) atoms. The number of pyridine rings is 2. The van der Waals surface area contributed by atoms with Crippen molar-refractivity contribution in [2.45, 2.75) is 50.7 Å². The van der Waals surface area contributed by atoms with Gasteiger partial charge in [0.2, 0.25) is 15.9 Å². The van der Waals surface area contributed by atoms with Crippen LogP contribution in [-0.4, -0.2) is 47.5 Å². The highest BCUT2D eigenvalue weighted by Gasteiger charge is 2.34. The summed E-state index contributed by atoms with van der Waals surface area (Å²) >= 11 is 0. The van der Waals surface area contributed by atoms with Crippen LogP contribution in [0.5, 0.6) is 5.88 Å². The first-order chi connectivity index (χ1) is 17.6. The summed E-state index contributed by atoms with van der Waals surface area (Å²) < 4.78 is 40.9. The van der Waals surface area contributed by atoms with Gasteiger partial charge in [-0.1, -0.05) is 18.2 Å². The molecule has 0 fully saturated rings. The number of esters is 1. The molecule has 0 bridgehead atoms. The number of hydrogen-bond donors (Lipinski definition) is 0. The minimum absolute atomic E-state index is 0.0356. The third kappa shape index (κ3) is 5.75. The monoisotopic (exact) mass is 525 g/mol. The number of sulfonamides is 1. The molecule has 196 valence electrons. The standard InChI is InChI=1S/C27H31N3O6S/c1-5-35-26(32)15-23(21-10-12-29(4)25(31)14-21)20-9-8-18(2)22(13-20)17-30-16-19(3)36-27-24(37(30,33)34)7-6-11-28-27/h6-14,19,23H,5,15-17H2,1-4H3/t19-,23?/m1/s1. The van der Waals surface area contributed by atoms with Crippen LogP contribution in [0.4, 0.5) is 0 Å². The van der Waals surface area contributed by atoms with Crippen LogP contribution in [0.1, 0.15) is 48.4 Å². The van der Waals surface area contributed by atoms with E-state index in [0.717, 1.165) is 16.7 Å². The Morgan fingerprint density at radius 1 is 1.22 bits per heavy atom. The van der Waals surface area contributed by atoms with Crippen molar-refractivity contribution < 1.29 is 22.7 Å². The Morgan fingerprint density at radius 2 is 1.97 bits per heavy atom. The Hall–Kier alpha value is -3.50. The van der Waals surface area contributed by atoms with E-state index < -0.39 is 22.0 Å². The van der Waals surface area contributed by atoms with E-state index in [1.54, 1.807) is 33.2 Å². The molecule has 1 aromatic carbocycles. The van der Waals surface area contributed by atoms with Gasteiger partial charge in [0.05, 0.1) is 19.6 Å². The van der Waals surface area contributed by atoms with Crippen molar-refractivity contribution in [1.29, 1.82) is 0 Å². The van der Waals surface area contributed by atoms with Crippen molar-refractivity contribution in [1.82, 2.24) is 13.9 Å². The van der Waals surface area contributed by atoms with Crippen molar-refractivity contribution in [2.24, 2.45) is 7.05 Å². The maximum atomic E-state index is 13.5. The molecule has 3 aromatic rings. The van der Waals surface area contributed by atoms with Gasteiger partial charge >= 0.3 is 5.97 Å². The van der Waals surface area contributed by atoms with Gasteiger partial charge in [0, 0.05) is 38.0 Å². The van der Waals surface area contributed by atoms with Crippen LogP contribution in [0.2, 0.25) is 0 Å². The van der Waals surface area contributed by atoms with Crippen LogP contribution in [0.3, 0.4) is 0 Å². The lowest BCUT2D eigenvalue weighted by molar-refractivity contribution is -0.143. The minimum atomic E-state index is -3.86. The van der Waals surface area contributed by atoms with Crippen molar-refractivity contribution in [3.05, 3.63) is 87.5 Å². The topological polar surface area (TPSA) is 108 Å². The average Bonchev–Trinajstić information content (AvgIpc) is 2.94. The van der Waals surface area contributed by atoms with Crippen molar-refractivity contribution >= 4 is 16.0 Å². The number of benzene rings is 1. The van der Waals surface area contributed by atoms with Crippen LogP contribution in [0.25, 0.3) is 0 Å². The van der Waals surface area contributed by atoms with Crippen molar-refractivity contribution in [2.75, 3.05) is 13.2 Å². The molecule has 0 saturated heterocycles. The summed E-state index contributed by atoms with van der Waals surface area (Å²) in [6.07, 6.45) is 2.83. The third-order valence-corrected chi connectivity index (χ3v) is 8.28. The molecule has 1 aliphatic heterocycles. The van der Waals surface area contributed by atoms with E-state index in [0.29, 0.717) is 5.56 Å². The molecule has 0 aliphatic carbocycles. The van der Waals surface area contributed by atoms with Gasteiger partial charge in [-0.3, -0.25) is 9.59 Å². The Labute approximate surface area is 216 Å². The second-order valence-corrected chi connectivity index (χ2v) is 11.1. The molecule has 3 heterocycles. The predicted octanol–water partition coefficient (Wildman–Crippen LogP) is 3.15. The van der Waals surface area contributed by atoms with E-state index in [1.807, 2.05) is 31.2 Å². The van der Waals surface area contributed by atoms with Gasteiger partial charge in [0.15, 0.2) is 0 Å². The molecule has 9 nitrogen and oxygen atoms in total. The first-order valence-electron chi connectivity index (χ1n) is 12.1. The zero-order valence-corrected chi connectivity index (χ0v) is 22.2. The van der Waals surface area contributed by atoms with Gasteiger partial charge in [-0.25, -0.2) is 13.4 Å². The molecule has 10 heteroatoms. The Balaban J connectivity index is 1.73. The third-order valence-electron chi connectivity index (χ3n) is 6.46. The van der Waals surface area contributed by atoms with Gasteiger partial charge in [0.1, 0.15) is 11.0 Å². The van der Waals surface area contributed by atoms with E-state index in [4.69, 9.17) is 9.47 Å². The molecule has 0 spiro atoms. The van der Waals surface area contributed by atoms with Gasteiger partial charge < -0.3 is 14.0 Å². The summed E-state index contributed by atoms with van der Waals surface area (Å²) in [5.41, 5.74) is 2.99. The van der Waals surface area contributed by atoms with Gasteiger partial charge in [-0.2, -0.15) is 4.31 Å². The Morgan fingerprint density at radius 3 is 2.70 bits per heavy atom. The van der Waals surface area contributed by atoms with Crippen LogP contribution in [-0.2, 0) is 33.1 Å². The quantitative estimate of drug-likeness (QED) is 0.436. The number of carbonyl (C=O) groups excluding carboxylic acids is 1. The summed E-state index contributed by atoms with van der Waals surface area (Å²) in [5, 5.41) is 0. The summed E-state index contributed by atoms with van der Waals surface area (Å²) in [7, 11) is -2.20. The fraction of sp³-hybridized carbons (Fsp3) is 0.370. The van der Waals surface area contributed by atoms with Gasteiger partial charge in [-0.05, 0) is 61.2 Å². The summed E-state index contributed by atoms with van der Waals surface area (Å²) in [5.74, 6) is -0.705. The Kier molecular flexibility index (Phi) is 7.79. The SMILES string of the molecule is CCOC(=O)CC(c1ccc(C)c(CN2C[C@@H](C)Oc3ncccc3S2(=O)=O)c1)c1ccn(C)c(=O)c1. The number of ether oxygens (including phenoxy) is 2. The summed E-state index contributed by atoms with van der Waals surface area (Å²) in [6.45, 7) is 5.99. The van der Waals surface area contributed by atoms with Crippen LogP contribution in [0.15, 0.2) is 64.5 Å². The first kappa shape index (κ1) is 26.6. The number of hydrogen-bond acceptors (Lipinski definition) is 7. The highest BCUT2D eigenvalue weighted by atomic mass is 32.2. The molecule has 0 N–H and O–H groups in total. The lowest BCUT2D eigenvalue weighted by Gasteiger charge is -2.24. The number of aryl methyl sites for hydroxylation is 2. The summed E-state index contributed by atoms with van der Waals surface area (Å²) in [6, 6.07) is 12.1. The highest BCUT2D eigenvalue weighted by Crippen LogP contribution is 2.33. The van der Waals surface area contributed by atoms with Crippen molar-refractivity contribution in [3.63, 3.8) is 0 Å². The van der Waals surface area contributed by atoms with E-state index in [2.05, 4.69) is 4.98 Å². The molecule has 2 aromatic heterocycles. The maximum absolute atomic E-state index is 13.5. The molecule has 1 aliphatic rings. The highest BCUT2D eigenvalue weighted by molar-refractivity contribution is 7.89. The van der Waals surface area contributed by atoms with Gasteiger partial charge in [0.25, 0.3) is 5.56 Å². The lowest BCUT2D eigenvalue weighted by Crippen LogP contribution is -2.35. The van der Waals surface area contributed by atoms with Crippen LogP contribution >= 0.6 is 0 Å². The normalized spacial score (nSPS) is 17.8. The molecular formula is C27H31N3O6S. The molecule has 1 unspecified atom stereocenters. The minimum Gasteiger partial charge on any atom is -0.472 e. The first-order valence-corrected chi connectivity index (χ1v) is 13.6. The zero-order valence-electron chi connectivity index (χ0n) is 21.4. The van der Waals surface area contributed by atoms with E-state index >= 15 is 0 Å². The lowest BCUT2D eigenvalue weighted by atomic mass is 9.87. The number of carbonyl (C=O) groups is 1. The smallest absolute Gasteiger partial charge is 0.306 e. The Bertz CT molecular complexity index is 1470. The fourth-order valence-corrected chi connectivity index (χ4v) is 5.99. The molecule has 2 atom stereocenters. The summed E-state index contributed by atoms with van der Waals surface area (Å²) in [4.78, 5) is 29.0. The fourth-order valence-electron chi connectivity index (χ4n) is 4.43. The van der Waals surface area contributed by atoms with E-state index in [9.17, 15) is 18.0 Å². The molecule has 0 amide bonds. The largest absolute Gasteiger partial charge is 0.472 e.